The molecule has 35 heavy (non-hydrogen) atoms. The Labute approximate surface area is 204 Å². The normalized spacial score (nSPS) is 18.9. The summed E-state index contributed by atoms with van der Waals surface area (Å²) in [5, 5.41) is 0.900. The molecule has 3 aromatic rings. The lowest BCUT2D eigenvalue weighted by atomic mass is 10.0. The first kappa shape index (κ1) is 23.6. The number of H-pyrrole nitrogens is 1. The van der Waals surface area contributed by atoms with Crippen LogP contribution < -0.4 is 0 Å². The number of nitrogens with one attached hydrogen (secondary N) is 1. The van der Waals surface area contributed by atoms with Crippen molar-refractivity contribution < 1.29 is 22.7 Å². The Kier molecular flexibility index (Phi) is 6.14. The van der Waals surface area contributed by atoms with Crippen molar-refractivity contribution in [2.45, 2.75) is 50.1 Å². The zero-order valence-electron chi connectivity index (χ0n) is 19.9. The highest BCUT2D eigenvalue weighted by Crippen LogP contribution is 2.30. The summed E-state index contributed by atoms with van der Waals surface area (Å²) in [6, 6.07) is 11.6. The summed E-state index contributed by atoms with van der Waals surface area (Å²) in [6.07, 6.45) is 3.44. The molecule has 2 aromatic carbocycles. The van der Waals surface area contributed by atoms with Crippen molar-refractivity contribution in [2.75, 3.05) is 20.2 Å². The van der Waals surface area contributed by atoms with E-state index in [4.69, 9.17) is 4.74 Å². The number of benzene rings is 2. The van der Waals surface area contributed by atoms with E-state index in [1.54, 1.807) is 33.5 Å². The fourth-order valence-electron chi connectivity index (χ4n) is 5.15. The molecule has 0 spiro atoms. The van der Waals surface area contributed by atoms with Gasteiger partial charge < -0.3 is 14.6 Å². The van der Waals surface area contributed by atoms with Crippen molar-refractivity contribution in [1.82, 2.24) is 14.2 Å². The number of ether oxygens (including phenoxy) is 1. The van der Waals surface area contributed by atoms with Gasteiger partial charge in [-0.25, -0.2) is 13.2 Å². The summed E-state index contributed by atoms with van der Waals surface area (Å²) >= 11 is 0. The zero-order valence-corrected chi connectivity index (χ0v) is 20.7. The van der Waals surface area contributed by atoms with Gasteiger partial charge in [-0.3, -0.25) is 4.79 Å². The molecule has 2 aliphatic rings. The third-order valence-electron chi connectivity index (χ3n) is 7.13. The van der Waals surface area contributed by atoms with Crippen LogP contribution in [0, 0.1) is 0 Å². The molecule has 8 nitrogen and oxygen atoms in total. The van der Waals surface area contributed by atoms with E-state index in [9.17, 15) is 18.0 Å². The maximum Gasteiger partial charge on any atom is 0.337 e. The Hall–Kier alpha value is -3.17. The summed E-state index contributed by atoms with van der Waals surface area (Å²) in [4.78, 5) is 30.6. The molecule has 9 heteroatoms. The number of nitrogens with zero attached hydrogens (tertiary/aromatic N) is 2. The van der Waals surface area contributed by atoms with Crippen LogP contribution >= 0.6 is 0 Å². The molecule has 3 heterocycles. The van der Waals surface area contributed by atoms with E-state index in [1.165, 1.54) is 19.2 Å². The van der Waals surface area contributed by atoms with Gasteiger partial charge in [-0.1, -0.05) is 6.42 Å². The Morgan fingerprint density at radius 1 is 1.03 bits per heavy atom. The van der Waals surface area contributed by atoms with Crippen molar-refractivity contribution in [3.8, 4) is 0 Å². The quantitative estimate of drug-likeness (QED) is 0.556. The van der Waals surface area contributed by atoms with Crippen LogP contribution in [0.1, 0.15) is 58.2 Å². The maximum absolute atomic E-state index is 13.3. The van der Waals surface area contributed by atoms with Crippen molar-refractivity contribution in [3.63, 3.8) is 0 Å². The van der Waals surface area contributed by atoms with Crippen molar-refractivity contribution in [2.24, 2.45) is 0 Å². The van der Waals surface area contributed by atoms with E-state index in [0.717, 1.165) is 41.4 Å². The standard InChI is InChI=1S/C26H29N3O5S/c1-17-5-3-4-13-29(17)35(32,33)20-9-6-18(7-10-20)25(30)28-14-12-24-22(16-28)21-15-19(26(31)34-2)8-11-23(21)27-24/h6-11,15,17,27H,3-5,12-14,16H2,1-2H3. The molecule has 1 fully saturated rings. The molecule has 1 unspecified atom stereocenters. The minimum Gasteiger partial charge on any atom is -0.465 e. The van der Waals surface area contributed by atoms with Gasteiger partial charge in [0.1, 0.15) is 0 Å². The molecular formula is C26H29N3O5S. The van der Waals surface area contributed by atoms with Crippen molar-refractivity contribution in [1.29, 1.82) is 0 Å². The number of carbonyl (C=O) groups is 2. The average molecular weight is 496 g/mol. The minimum absolute atomic E-state index is 0.0199. The Morgan fingerprint density at radius 3 is 2.49 bits per heavy atom. The Balaban J connectivity index is 1.37. The highest BCUT2D eigenvalue weighted by atomic mass is 32.2. The number of piperidine rings is 1. The topological polar surface area (TPSA) is 99.8 Å². The lowest BCUT2D eigenvalue weighted by Gasteiger charge is -2.32. The summed E-state index contributed by atoms with van der Waals surface area (Å²) in [5.41, 5.74) is 3.88. The van der Waals surface area contributed by atoms with Crippen molar-refractivity contribution in [3.05, 3.63) is 64.8 Å². The van der Waals surface area contributed by atoms with Crippen LogP contribution in [0.5, 0.6) is 0 Å². The van der Waals surface area contributed by atoms with Gasteiger partial charge in [0.15, 0.2) is 0 Å². The molecule has 1 aromatic heterocycles. The second-order valence-corrected chi connectivity index (χ2v) is 11.2. The lowest BCUT2D eigenvalue weighted by molar-refractivity contribution is 0.0600. The highest BCUT2D eigenvalue weighted by molar-refractivity contribution is 7.89. The van der Waals surface area contributed by atoms with Gasteiger partial charge in [0.05, 0.1) is 17.6 Å². The first-order valence-electron chi connectivity index (χ1n) is 11.9. The van der Waals surface area contributed by atoms with E-state index in [0.29, 0.717) is 37.2 Å². The fourth-order valence-corrected chi connectivity index (χ4v) is 6.85. The summed E-state index contributed by atoms with van der Waals surface area (Å²) < 4.78 is 32.6. The van der Waals surface area contributed by atoms with E-state index < -0.39 is 16.0 Å². The number of amides is 1. The first-order chi connectivity index (χ1) is 16.8. The molecule has 1 saturated heterocycles. The number of methoxy groups -OCH3 is 1. The molecule has 1 N–H and O–H groups in total. The second-order valence-electron chi connectivity index (χ2n) is 9.30. The first-order valence-corrected chi connectivity index (χ1v) is 13.4. The van der Waals surface area contributed by atoms with Crippen LogP contribution in [0.3, 0.4) is 0 Å². The lowest BCUT2D eigenvalue weighted by Crippen LogP contribution is -2.41. The number of sulfonamides is 1. The number of carbonyl (C=O) groups excluding carboxylic acids is 2. The molecule has 184 valence electrons. The Bertz CT molecular complexity index is 1390. The number of hydrogen-bond acceptors (Lipinski definition) is 5. The van der Waals surface area contributed by atoms with Gasteiger partial charge in [0.2, 0.25) is 10.0 Å². The number of aromatic amines is 1. The van der Waals surface area contributed by atoms with Gasteiger partial charge in [0, 0.05) is 59.8 Å². The predicted molar refractivity (Wildman–Crippen MR) is 132 cm³/mol. The largest absolute Gasteiger partial charge is 0.465 e. The SMILES string of the molecule is COC(=O)c1ccc2[nH]c3c(c2c1)CN(C(=O)c1ccc(S(=O)(=O)N2CCCCC2C)cc1)CC3. The monoisotopic (exact) mass is 495 g/mol. The highest BCUT2D eigenvalue weighted by Gasteiger charge is 2.31. The molecule has 0 radical (unpaired) electrons. The van der Waals surface area contributed by atoms with E-state index >= 15 is 0 Å². The zero-order chi connectivity index (χ0) is 24.7. The van der Waals surface area contributed by atoms with Crippen LogP contribution in [0.25, 0.3) is 10.9 Å². The molecule has 1 atom stereocenters. The Morgan fingerprint density at radius 2 is 1.77 bits per heavy atom. The molecule has 0 aliphatic carbocycles. The summed E-state index contributed by atoms with van der Waals surface area (Å²) in [6.45, 7) is 3.43. The van der Waals surface area contributed by atoms with E-state index in [-0.39, 0.29) is 16.8 Å². The van der Waals surface area contributed by atoms with Gasteiger partial charge in [-0.15, -0.1) is 0 Å². The van der Waals surface area contributed by atoms with Gasteiger partial charge >= 0.3 is 5.97 Å². The number of rotatable bonds is 4. The maximum atomic E-state index is 13.3. The van der Waals surface area contributed by atoms with Crippen LogP contribution in [0.4, 0.5) is 0 Å². The third kappa shape index (κ3) is 4.23. The van der Waals surface area contributed by atoms with E-state index in [2.05, 4.69) is 4.98 Å². The molecule has 0 saturated carbocycles. The number of hydrogen-bond donors (Lipinski definition) is 1. The van der Waals surface area contributed by atoms with Gasteiger partial charge in [-0.2, -0.15) is 4.31 Å². The van der Waals surface area contributed by atoms with Gasteiger partial charge in [-0.05, 0) is 62.2 Å². The van der Waals surface area contributed by atoms with E-state index in [1.807, 2.05) is 13.0 Å². The molecule has 1 amide bonds. The summed E-state index contributed by atoms with van der Waals surface area (Å²) in [7, 11) is -2.23. The number of esters is 1. The van der Waals surface area contributed by atoms with Crippen LogP contribution in [0.15, 0.2) is 47.4 Å². The smallest absolute Gasteiger partial charge is 0.337 e. The predicted octanol–water partition coefficient (Wildman–Crippen LogP) is 3.72. The molecule has 2 aliphatic heterocycles. The summed E-state index contributed by atoms with van der Waals surface area (Å²) in [5.74, 6) is -0.552. The molecular weight excluding hydrogens is 466 g/mol. The van der Waals surface area contributed by atoms with Gasteiger partial charge in [0.25, 0.3) is 5.91 Å². The fraction of sp³-hybridized carbons (Fsp3) is 0.385. The number of aromatic nitrogens is 1. The average Bonchev–Trinajstić information content (AvgIpc) is 3.25. The molecule has 5 rings (SSSR count). The third-order valence-corrected chi connectivity index (χ3v) is 9.16. The van der Waals surface area contributed by atoms with Crippen molar-refractivity contribution >= 4 is 32.8 Å². The van der Waals surface area contributed by atoms with Crippen LogP contribution in [-0.2, 0) is 27.7 Å². The molecule has 0 bridgehead atoms. The van der Waals surface area contributed by atoms with Crippen LogP contribution in [0.2, 0.25) is 0 Å². The second kappa shape index (κ2) is 9.13. The minimum atomic E-state index is -3.58. The number of fused-ring (bicyclic) bond motifs is 3. The van der Waals surface area contributed by atoms with Crippen LogP contribution in [-0.4, -0.2) is 60.7 Å².